The minimum Gasteiger partial charge on any atom is -0.376 e. The Bertz CT molecular complexity index is 1140. The van der Waals surface area contributed by atoms with Crippen molar-refractivity contribution in [1.82, 2.24) is 24.7 Å². The van der Waals surface area contributed by atoms with Gasteiger partial charge in [-0.3, -0.25) is 28.8 Å². The van der Waals surface area contributed by atoms with Crippen molar-refractivity contribution in [3.05, 3.63) is 34.2 Å². The summed E-state index contributed by atoms with van der Waals surface area (Å²) in [6, 6.07) is 4.54. The first-order valence-electron chi connectivity index (χ1n) is 10.6. The van der Waals surface area contributed by atoms with Crippen LogP contribution in [-0.2, 0) is 32.6 Å². The van der Waals surface area contributed by atoms with Crippen molar-refractivity contribution in [2.75, 3.05) is 26.2 Å². The van der Waals surface area contributed by atoms with Gasteiger partial charge >= 0.3 is 17.8 Å². The molecular formula is C21H25N5O6. The van der Waals surface area contributed by atoms with Gasteiger partial charge in [-0.15, -0.1) is 0 Å². The molecule has 3 heterocycles. The Balaban J connectivity index is 1.46. The number of piperazine rings is 1. The number of hydrogen-bond acceptors (Lipinski definition) is 7. The SMILES string of the molecule is Cn1c(=O)n(C2CCC(=O)NC2=O)c2ccc(CCC(=O)OC(=O)N3CCNCC3)cc21. The zero-order valence-electron chi connectivity index (χ0n) is 17.8. The van der Waals surface area contributed by atoms with E-state index in [9.17, 15) is 24.0 Å². The number of nitrogens with one attached hydrogen (secondary N) is 2. The van der Waals surface area contributed by atoms with Gasteiger partial charge in [-0.25, -0.2) is 9.59 Å². The molecule has 0 radical (unpaired) electrons. The molecule has 0 saturated carbocycles. The summed E-state index contributed by atoms with van der Waals surface area (Å²) in [5.74, 6) is -1.44. The number of rotatable bonds is 4. The van der Waals surface area contributed by atoms with Crippen molar-refractivity contribution in [2.24, 2.45) is 7.05 Å². The molecule has 2 aliphatic rings. The number of nitrogens with zero attached hydrogens (tertiary/aromatic N) is 3. The van der Waals surface area contributed by atoms with Crippen LogP contribution in [0.15, 0.2) is 23.0 Å². The van der Waals surface area contributed by atoms with Crippen LogP contribution in [0.5, 0.6) is 0 Å². The molecule has 0 spiro atoms. The number of benzene rings is 1. The molecule has 32 heavy (non-hydrogen) atoms. The molecule has 2 aromatic rings. The normalized spacial score (nSPS) is 19.2. The third-order valence-electron chi connectivity index (χ3n) is 5.87. The van der Waals surface area contributed by atoms with E-state index in [1.807, 2.05) is 0 Å². The minimum atomic E-state index is -0.749. The van der Waals surface area contributed by atoms with E-state index in [4.69, 9.17) is 4.74 Å². The zero-order valence-corrected chi connectivity index (χ0v) is 17.8. The molecule has 1 atom stereocenters. The van der Waals surface area contributed by atoms with Crippen LogP contribution in [0.1, 0.15) is 30.9 Å². The van der Waals surface area contributed by atoms with E-state index in [1.54, 1.807) is 25.2 Å². The highest BCUT2D eigenvalue weighted by molar-refractivity contribution is 6.00. The Hall–Kier alpha value is -3.47. The van der Waals surface area contributed by atoms with Crippen molar-refractivity contribution in [3.63, 3.8) is 0 Å². The average Bonchev–Trinajstić information content (AvgIpc) is 3.03. The number of ether oxygens (including phenoxy) is 1. The lowest BCUT2D eigenvalue weighted by atomic mass is 10.1. The Morgan fingerprint density at radius 3 is 2.59 bits per heavy atom. The molecule has 2 N–H and O–H groups in total. The van der Waals surface area contributed by atoms with Gasteiger partial charge in [0.25, 0.3) is 0 Å². The maximum Gasteiger partial charge on any atom is 0.417 e. The summed E-state index contributed by atoms with van der Waals surface area (Å²) in [5, 5.41) is 5.40. The summed E-state index contributed by atoms with van der Waals surface area (Å²) in [5.41, 5.74) is 1.63. The second-order valence-corrected chi connectivity index (χ2v) is 7.98. The molecule has 1 aromatic carbocycles. The van der Waals surface area contributed by atoms with Crippen LogP contribution in [0, 0.1) is 0 Å². The first-order chi connectivity index (χ1) is 15.3. The first-order valence-corrected chi connectivity index (χ1v) is 10.6. The fourth-order valence-electron chi connectivity index (χ4n) is 4.10. The van der Waals surface area contributed by atoms with Crippen LogP contribution in [0.2, 0.25) is 0 Å². The van der Waals surface area contributed by atoms with Gasteiger partial charge in [-0.1, -0.05) is 6.07 Å². The van der Waals surface area contributed by atoms with Gasteiger partial charge in [-0.05, 0) is 30.5 Å². The second-order valence-electron chi connectivity index (χ2n) is 7.98. The average molecular weight is 443 g/mol. The molecule has 4 rings (SSSR count). The number of carbonyl (C=O) groups excluding carboxylic acids is 4. The molecule has 0 aliphatic carbocycles. The van der Waals surface area contributed by atoms with E-state index in [2.05, 4.69) is 10.6 Å². The highest BCUT2D eigenvalue weighted by Crippen LogP contribution is 2.24. The lowest BCUT2D eigenvalue weighted by Gasteiger charge is -2.25. The number of esters is 1. The van der Waals surface area contributed by atoms with Crippen molar-refractivity contribution < 1.29 is 23.9 Å². The van der Waals surface area contributed by atoms with Crippen LogP contribution in [-0.4, -0.2) is 64.1 Å². The fraction of sp³-hybridized carbons (Fsp3) is 0.476. The zero-order chi connectivity index (χ0) is 22.8. The molecule has 2 saturated heterocycles. The topological polar surface area (TPSA) is 132 Å². The smallest absolute Gasteiger partial charge is 0.376 e. The molecule has 2 fully saturated rings. The van der Waals surface area contributed by atoms with E-state index >= 15 is 0 Å². The van der Waals surface area contributed by atoms with E-state index in [0.717, 1.165) is 5.56 Å². The maximum absolute atomic E-state index is 12.8. The number of imidazole rings is 1. The Kier molecular flexibility index (Phi) is 6.08. The summed E-state index contributed by atoms with van der Waals surface area (Å²) >= 11 is 0. The molecule has 1 aromatic heterocycles. The maximum atomic E-state index is 12.8. The van der Waals surface area contributed by atoms with E-state index in [0.29, 0.717) is 43.6 Å². The van der Waals surface area contributed by atoms with Gasteiger partial charge in [0, 0.05) is 39.6 Å². The molecule has 1 unspecified atom stereocenters. The third kappa shape index (κ3) is 4.28. The monoisotopic (exact) mass is 443 g/mol. The third-order valence-corrected chi connectivity index (χ3v) is 5.87. The van der Waals surface area contributed by atoms with Crippen LogP contribution >= 0.6 is 0 Å². The summed E-state index contributed by atoms with van der Waals surface area (Å²) in [7, 11) is 1.61. The molecule has 0 bridgehead atoms. The fourth-order valence-corrected chi connectivity index (χ4v) is 4.10. The van der Waals surface area contributed by atoms with Crippen LogP contribution in [0.25, 0.3) is 11.0 Å². The summed E-state index contributed by atoms with van der Waals surface area (Å²) < 4.78 is 7.78. The molecule has 170 valence electrons. The molecule has 3 amide bonds. The van der Waals surface area contributed by atoms with Gasteiger partial charge in [0.15, 0.2) is 0 Å². The lowest BCUT2D eigenvalue weighted by Crippen LogP contribution is -2.47. The van der Waals surface area contributed by atoms with Crippen molar-refractivity contribution >= 4 is 34.9 Å². The van der Waals surface area contributed by atoms with Gasteiger partial charge in [-0.2, -0.15) is 0 Å². The predicted octanol–water partition coefficient (Wildman–Crippen LogP) is -0.181. The van der Waals surface area contributed by atoms with Crippen LogP contribution in [0.3, 0.4) is 0 Å². The summed E-state index contributed by atoms with van der Waals surface area (Å²) in [6.07, 6.45) is 0.160. The Labute approximate surface area is 183 Å². The predicted molar refractivity (Wildman–Crippen MR) is 113 cm³/mol. The molecule has 2 aliphatic heterocycles. The van der Waals surface area contributed by atoms with Crippen LogP contribution < -0.4 is 16.3 Å². The quantitative estimate of drug-likeness (QED) is 0.381. The molecule has 11 nitrogen and oxygen atoms in total. The number of aromatic nitrogens is 2. The number of piperidine rings is 1. The highest BCUT2D eigenvalue weighted by Gasteiger charge is 2.31. The largest absolute Gasteiger partial charge is 0.417 e. The Morgan fingerprint density at radius 2 is 1.88 bits per heavy atom. The second kappa shape index (κ2) is 8.95. The van der Waals surface area contributed by atoms with E-state index in [-0.39, 0.29) is 30.9 Å². The minimum absolute atomic E-state index is 0.0190. The number of aryl methyl sites for hydroxylation is 2. The molecular weight excluding hydrogens is 418 g/mol. The van der Waals surface area contributed by atoms with Gasteiger partial charge in [0.1, 0.15) is 6.04 Å². The summed E-state index contributed by atoms with van der Waals surface area (Å²) in [4.78, 5) is 62.2. The first kappa shape index (κ1) is 21.8. The van der Waals surface area contributed by atoms with Crippen LogP contribution in [0.4, 0.5) is 4.79 Å². The standard InChI is InChI=1S/C21H25N5O6/c1-24-16-12-13(3-7-18(28)32-21(31)25-10-8-22-9-11-25)2-4-14(16)26(20(24)30)15-5-6-17(27)23-19(15)29/h2,4,12,15,22H,3,5-11H2,1H3,(H,23,27,29). The van der Waals surface area contributed by atoms with Gasteiger partial charge < -0.3 is 15.0 Å². The van der Waals surface area contributed by atoms with Gasteiger partial charge in [0.05, 0.1) is 17.5 Å². The van der Waals surface area contributed by atoms with E-state index < -0.39 is 24.0 Å². The number of imide groups is 1. The number of hydrogen-bond donors (Lipinski definition) is 2. The van der Waals surface area contributed by atoms with Gasteiger partial charge in [0.2, 0.25) is 11.8 Å². The highest BCUT2D eigenvalue weighted by atomic mass is 16.6. The van der Waals surface area contributed by atoms with E-state index in [1.165, 1.54) is 14.0 Å². The lowest BCUT2D eigenvalue weighted by molar-refractivity contribution is -0.138. The summed E-state index contributed by atoms with van der Waals surface area (Å²) in [6.45, 7) is 2.34. The van der Waals surface area contributed by atoms with Crippen molar-refractivity contribution in [1.29, 1.82) is 0 Å². The van der Waals surface area contributed by atoms with Crippen molar-refractivity contribution in [3.8, 4) is 0 Å². The molecule has 11 heteroatoms. The number of fused-ring (bicyclic) bond motifs is 1. The number of amides is 3. The Morgan fingerprint density at radius 1 is 1.12 bits per heavy atom. The number of carbonyl (C=O) groups is 4. The van der Waals surface area contributed by atoms with Crippen molar-refractivity contribution in [2.45, 2.75) is 31.7 Å².